The van der Waals surface area contributed by atoms with Gasteiger partial charge in [-0.05, 0) is 5.56 Å². The Hall–Kier alpha value is -2.51. The van der Waals surface area contributed by atoms with Crippen LogP contribution in [0.3, 0.4) is 0 Å². The third-order valence-electron chi connectivity index (χ3n) is 3.01. The number of hydrogen-bond donors (Lipinski definition) is 3. The molecule has 0 aliphatic rings. The fourth-order valence-electron chi connectivity index (χ4n) is 1.86. The number of nitrogens with two attached hydrogens (primary N) is 1. The van der Waals surface area contributed by atoms with Crippen molar-refractivity contribution in [3.05, 3.63) is 57.8 Å². The summed E-state index contributed by atoms with van der Waals surface area (Å²) >= 11 is 0. The molecule has 1 aromatic carbocycles. The number of aromatic nitrogens is 2. The number of ether oxygens (including phenoxy) is 1. The Bertz CT molecular complexity index is 712. The number of nitrogens with one attached hydrogen (secondary N) is 1. The number of nitrogens with zero attached hydrogens (tertiary/aromatic N) is 1. The number of hydrogen-bond acceptors (Lipinski definition) is 6. The maximum Gasteiger partial charge on any atom is 0.293 e. The molecule has 1 unspecified atom stereocenters. The largest absolute Gasteiger partial charge is 0.501 e. The summed E-state index contributed by atoms with van der Waals surface area (Å²) in [6.07, 6.45) is 0. The molecule has 0 bridgehead atoms. The number of H-pyrrole nitrogens is 1. The van der Waals surface area contributed by atoms with Gasteiger partial charge in [0.2, 0.25) is 5.75 Å². The van der Waals surface area contributed by atoms with E-state index in [-0.39, 0.29) is 18.1 Å². The van der Waals surface area contributed by atoms with Gasteiger partial charge in [-0.3, -0.25) is 9.59 Å². The van der Waals surface area contributed by atoms with Gasteiger partial charge in [0.05, 0.1) is 19.3 Å². The molecule has 0 saturated carbocycles. The Labute approximate surface area is 126 Å². The van der Waals surface area contributed by atoms with E-state index in [4.69, 9.17) is 10.5 Å². The zero-order valence-corrected chi connectivity index (χ0v) is 12.1. The molecule has 1 heterocycles. The van der Waals surface area contributed by atoms with E-state index in [9.17, 15) is 14.7 Å². The number of aromatic hydroxyl groups is 1. The molecule has 0 spiro atoms. The molecule has 0 radical (unpaired) electrons. The Balaban J connectivity index is 2.05. The molecule has 116 valence electrons. The molecule has 1 atom stereocenters. The van der Waals surface area contributed by atoms with E-state index in [1.165, 1.54) is 6.92 Å². The number of benzene rings is 1. The minimum absolute atomic E-state index is 0.0982. The summed E-state index contributed by atoms with van der Waals surface area (Å²) < 4.78 is 5.47. The predicted octanol–water partition coefficient (Wildman–Crippen LogP) is 0.895. The minimum Gasteiger partial charge on any atom is -0.501 e. The lowest BCUT2D eigenvalue weighted by Crippen LogP contribution is -2.25. The van der Waals surface area contributed by atoms with Gasteiger partial charge in [-0.25, -0.2) is 4.98 Å². The quantitative estimate of drug-likeness (QED) is 0.682. The van der Waals surface area contributed by atoms with E-state index < -0.39 is 23.1 Å². The lowest BCUT2D eigenvalue weighted by molar-refractivity contribution is 0.0998. The third kappa shape index (κ3) is 3.78. The van der Waals surface area contributed by atoms with Crippen LogP contribution in [0.1, 0.15) is 34.8 Å². The highest BCUT2D eigenvalue weighted by molar-refractivity contribution is 5.94. The van der Waals surface area contributed by atoms with Gasteiger partial charge in [-0.1, -0.05) is 30.3 Å². The first-order chi connectivity index (χ1) is 10.5. The summed E-state index contributed by atoms with van der Waals surface area (Å²) in [7, 11) is 0. The minimum atomic E-state index is -0.797. The molecule has 1 aromatic heterocycles. The van der Waals surface area contributed by atoms with Gasteiger partial charge in [-0.2, -0.15) is 0 Å². The van der Waals surface area contributed by atoms with Gasteiger partial charge in [-0.15, -0.1) is 0 Å². The van der Waals surface area contributed by atoms with Crippen molar-refractivity contribution in [1.82, 2.24) is 9.97 Å². The van der Waals surface area contributed by atoms with E-state index in [2.05, 4.69) is 9.97 Å². The van der Waals surface area contributed by atoms with Crippen molar-refractivity contribution in [3.8, 4) is 5.75 Å². The van der Waals surface area contributed by atoms with Crippen LogP contribution >= 0.6 is 0 Å². The van der Waals surface area contributed by atoms with E-state index in [0.717, 1.165) is 5.56 Å². The lowest BCUT2D eigenvalue weighted by atomic mass is 10.2. The molecule has 0 aliphatic carbocycles. The fourth-order valence-corrected chi connectivity index (χ4v) is 1.86. The SMILES string of the molecule is CC(=O)c1nc(C(N)COCc2ccccc2)[nH]c(=O)c1O. The highest BCUT2D eigenvalue weighted by Gasteiger charge is 2.17. The van der Waals surface area contributed by atoms with Crippen LogP contribution in [0.5, 0.6) is 5.75 Å². The predicted molar refractivity (Wildman–Crippen MR) is 79.6 cm³/mol. The molecule has 0 aliphatic heterocycles. The van der Waals surface area contributed by atoms with Crippen molar-refractivity contribution >= 4 is 5.78 Å². The topological polar surface area (TPSA) is 118 Å². The van der Waals surface area contributed by atoms with Crippen molar-refractivity contribution < 1.29 is 14.6 Å². The van der Waals surface area contributed by atoms with Crippen molar-refractivity contribution in [2.24, 2.45) is 5.73 Å². The van der Waals surface area contributed by atoms with Crippen LogP contribution in [0.2, 0.25) is 0 Å². The van der Waals surface area contributed by atoms with Crippen LogP contribution in [-0.4, -0.2) is 27.5 Å². The number of Topliss-reactive ketones (excluding diaryl/α,β-unsaturated/α-hetero) is 1. The summed E-state index contributed by atoms with van der Waals surface area (Å²) in [6.45, 7) is 1.69. The van der Waals surface area contributed by atoms with Gasteiger partial charge in [0.15, 0.2) is 11.5 Å². The molecular formula is C15H17N3O4. The second kappa shape index (κ2) is 6.97. The standard InChI is InChI=1S/C15H17N3O4/c1-9(19)12-13(20)15(21)18-14(17-12)11(16)8-22-7-10-5-3-2-4-6-10/h2-6,11,20H,7-8,16H2,1H3,(H,17,18,21). The average Bonchev–Trinajstić information content (AvgIpc) is 2.50. The highest BCUT2D eigenvalue weighted by atomic mass is 16.5. The Morgan fingerprint density at radius 1 is 1.41 bits per heavy atom. The van der Waals surface area contributed by atoms with Crippen LogP contribution in [-0.2, 0) is 11.3 Å². The molecular weight excluding hydrogens is 286 g/mol. The summed E-state index contributed by atoms with van der Waals surface area (Å²) in [5.41, 5.74) is 5.80. The van der Waals surface area contributed by atoms with Gasteiger partial charge >= 0.3 is 0 Å². The van der Waals surface area contributed by atoms with Gasteiger partial charge in [0.1, 0.15) is 5.82 Å². The number of carbonyl (C=O) groups excluding carboxylic acids is 1. The lowest BCUT2D eigenvalue weighted by Gasteiger charge is -2.12. The van der Waals surface area contributed by atoms with Crippen LogP contribution in [0.25, 0.3) is 0 Å². The Kier molecular flexibility index (Phi) is 5.03. The third-order valence-corrected chi connectivity index (χ3v) is 3.01. The zero-order chi connectivity index (χ0) is 16.1. The normalized spacial score (nSPS) is 12.1. The van der Waals surface area contributed by atoms with Gasteiger partial charge in [0.25, 0.3) is 5.56 Å². The van der Waals surface area contributed by atoms with E-state index in [1.807, 2.05) is 30.3 Å². The molecule has 2 rings (SSSR count). The van der Waals surface area contributed by atoms with E-state index >= 15 is 0 Å². The van der Waals surface area contributed by atoms with Crippen LogP contribution < -0.4 is 11.3 Å². The molecule has 7 nitrogen and oxygen atoms in total. The first kappa shape index (κ1) is 15.9. The van der Waals surface area contributed by atoms with Crippen LogP contribution in [0.4, 0.5) is 0 Å². The van der Waals surface area contributed by atoms with Gasteiger partial charge in [0, 0.05) is 6.92 Å². The Morgan fingerprint density at radius 2 is 2.09 bits per heavy atom. The second-order valence-electron chi connectivity index (χ2n) is 4.81. The fraction of sp³-hybridized carbons (Fsp3) is 0.267. The zero-order valence-electron chi connectivity index (χ0n) is 12.1. The molecule has 0 saturated heterocycles. The van der Waals surface area contributed by atoms with Crippen molar-refractivity contribution in [2.75, 3.05) is 6.61 Å². The van der Waals surface area contributed by atoms with E-state index in [0.29, 0.717) is 6.61 Å². The van der Waals surface area contributed by atoms with Crippen LogP contribution in [0, 0.1) is 0 Å². The number of carbonyl (C=O) groups is 1. The second-order valence-corrected chi connectivity index (χ2v) is 4.81. The molecule has 0 fully saturated rings. The van der Waals surface area contributed by atoms with Gasteiger partial charge < -0.3 is 20.6 Å². The number of aromatic amines is 1. The van der Waals surface area contributed by atoms with Crippen molar-refractivity contribution in [1.29, 1.82) is 0 Å². The monoisotopic (exact) mass is 303 g/mol. The first-order valence-corrected chi connectivity index (χ1v) is 6.70. The summed E-state index contributed by atoms with van der Waals surface area (Å²) in [5.74, 6) is -1.11. The number of ketones is 1. The molecule has 22 heavy (non-hydrogen) atoms. The van der Waals surface area contributed by atoms with Crippen molar-refractivity contribution in [2.45, 2.75) is 19.6 Å². The number of rotatable bonds is 6. The van der Waals surface area contributed by atoms with Crippen molar-refractivity contribution in [3.63, 3.8) is 0 Å². The molecule has 2 aromatic rings. The first-order valence-electron chi connectivity index (χ1n) is 6.70. The summed E-state index contributed by atoms with van der Waals surface area (Å²) in [4.78, 5) is 29.2. The summed E-state index contributed by atoms with van der Waals surface area (Å²) in [5, 5.41) is 9.50. The van der Waals surface area contributed by atoms with Crippen LogP contribution in [0.15, 0.2) is 35.1 Å². The Morgan fingerprint density at radius 3 is 2.73 bits per heavy atom. The highest BCUT2D eigenvalue weighted by Crippen LogP contribution is 2.12. The van der Waals surface area contributed by atoms with E-state index in [1.54, 1.807) is 0 Å². The maximum atomic E-state index is 11.6. The molecule has 0 amide bonds. The maximum absolute atomic E-state index is 11.6. The molecule has 7 heteroatoms. The smallest absolute Gasteiger partial charge is 0.293 e. The molecule has 4 N–H and O–H groups in total. The summed E-state index contributed by atoms with van der Waals surface area (Å²) in [6, 6.07) is 8.83. The average molecular weight is 303 g/mol.